The van der Waals surface area contributed by atoms with E-state index in [1.165, 1.54) is 25.7 Å². The van der Waals surface area contributed by atoms with Crippen LogP contribution < -0.4 is 15.5 Å². The Bertz CT molecular complexity index is 428. The van der Waals surface area contributed by atoms with Gasteiger partial charge >= 0.3 is 0 Å². The van der Waals surface area contributed by atoms with E-state index in [2.05, 4.69) is 32.5 Å². The summed E-state index contributed by atoms with van der Waals surface area (Å²) in [5.74, 6) is 2.71. The van der Waals surface area contributed by atoms with Gasteiger partial charge in [-0.25, -0.2) is 0 Å². The fourth-order valence-electron chi connectivity index (χ4n) is 2.65. The molecule has 0 aromatic carbocycles. The molecule has 1 heterocycles. The molecular formula is C14H26N6. The predicted octanol–water partition coefficient (Wildman–Crippen LogP) is 2.36. The lowest BCUT2D eigenvalue weighted by Gasteiger charge is -2.21. The van der Waals surface area contributed by atoms with Crippen molar-refractivity contribution in [2.75, 3.05) is 36.2 Å². The molecule has 6 nitrogen and oxygen atoms in total. The van der Waals surface area contributed by atoms with Crippen LogP contribution in [0.1, 0.15) is 39.5 Å². The smallest absolute Gasteiger partial charge is 0.231 e. The third kappa shape index (κ3) is 3.71. The summed E-state index contributed by atoms with van der Waals surface area (Å²) in [5, 5.41) is 6.61. The van der Waals surface area contributed by atoms with Crippen LogP contribution in [0, 0.1) is 5.92 Å². The number of rotatable bonds is 6. The standard InChI is InChI=1S/C14H26N6/c1-5-15-12-17-13(19-14(18-12)20(3)4)16-10(2)11-8-6-7-9-11/h10-11H,5-9H2,1-4H3,(H2,15,16,17,18,19). The number of nitrogens with one attached hydrogen (secondary N) is 2. The molecule has 0 saturated heterocycles. The molecule has 1 fully saturated rings. The van der Waals surface area contributed by atoms with Crippen LogP contribution in [0.2, 0.25) is 0 Å². The van der Waals surface area contributed by atoms with Crippen LogP contribution in [0.4, 0.5) is 17.8 Å². The summed E-state index contributed by atoms with van der Waals surface area (Å²) in [7, 11) is 3.88. The maximum Gasteiger partial charge on any atom is 0.231 e. The predicted molar refractivity (Wildman–Crippen MR) is 83.4 cm³/mol. The van der Waals surface area contributed by atoms with Crippen LogP contribution in [0.25, 0.3) is 0 Å². The summed E-state index contributed by atoms with van der Waals surface area (Å²) in [6.45, 7) is 5.06. The lowest BCUT2D eigenvalue weighted by Crippen LogP contribution is -2.26. The van der Waals surface area contributed by atoms with E-state index in [4.69, 9.17) is 0 Å². The van der Waals surface area contributed by atoms with Crippen molar-refractivity contribution in [3.05, 3.63) is 0 Å². The summed E-state index contributed by atoms with van der Waals surface area (Å²) in [6, 6.07) is 0.407. The van der Waals surface area contributed by atoms with E-state index in [9.17, 15) is 0 Å². The minimum absolute atomic E-state index is 0.407. The SMILES string of the molecule is CCNc1nc(NC(C)C2CCCC2)nc(N(C)C)n1. The van der Waals surface area contributed by atoms with Gasteiger partial charge in [-0.15, -0.1) is 0 Å². The van der Waals surface area contributed by atoms with E-state index in [1.807, 2.05) is 25.9 Å². The molecule has 112 valence electrons. The second kappa shape index (κ2) is 6.72. The lowest BCUT2D eigenvalue weighted by molar-refractivity contribution is 0.480. The first-order valence-corrected chi connectivity index (χ1v) is 7.54. The zero-order valence-corrected chi connectivity index (χ0v) is 13.0. The van der Waals surface area contributed by atoms with Crippen LogP contribution in [-0.4, -0.2) is 41.6 Å². The molecule has 1 aromatic heterocycles. The average Bonchev–Trinajstić information content (AvgIpc) is 2.92. The van der Waals surface area contributed by atoms with Crippen molar-refractivity contribution in [2.45, 2.75) is 45.6 Å². The highest BCUT2D eigenvalue weighted by atomic mass is 15.3. The largest absolute Gasteiger partial charge is 0.354 e. The second-order valence-corrected chi connectivity index (χ2v) is 5.68. The summed E-state index contributed by atoms with van der Waals surface area (Å²) >= 11 is 0. The van der Waals surface area contributed by atoms with Gasteiger partial charge in [0.15, 0.2) is 0 Å². The van der Waals surface area contributed by atoms with Gasteiger partial charge in [-0.1, -0.05) is 12.8 Å². The number of anilines is 3. The number of aromatic nitrogens is 3. The van der Waals surface area contributed by atoms with Crippen LogP contribution in [0.3, 0.4) is 0 Å². The Morgan fingerprint density at radius 2 is 1.80 bits per heavy atom. The fourth-order valence-corrected chi connectivity index (χ4v) is 2.65. The van der Waals surface area contributed by atoms with Gasteiger partial charge in [0.25, 0.3) is 0 Å². The van der Waals surface area contributed by atoms with Gasteiger partial charge in [-0.3, -0.25) is 0 Å². The quantitative estimate of drug-likeness (QED) is 0.832. The van der Waals surface area contributed by atoms with E-state index in [0.29, 0.717) is 23.9 Å². The topological polar surface area (TPSA) is 66.0 Å². The van der Waals surface area contributed by atoms with Crippen molar-refractivity contribution in [3.63, 3.8) is 0 Å². The molecule has 1 unspecified atom stereocenters. The first kappa shape index (κ1) is 14.8. The number of nitrogens with zero attached hydrogens (tertiary/aromatic N) is 4. The van der Waals surface area contributed by atoms with Crippen molar-refractivity contribution in [1.82, 2.24) is 15.0 Å². The normalized spacial score (nSPS) is 17.0. The van der Waals surface area contributed by atoms with E-state index in [-0.39, 0.29) is 0 Å². The van der Waals surface area contributed by atoms with Crippen molar-refractivity contribution in [3.8, 4) is 0 Å². The first-order valence-electron chi connectivity index (χ1n) is 7.54. The fraction of sp³-hybridized carbons (Fsp3) is 0.786. The van der Waals surface area contributed by atoms with Crippen molar-refractivity contribution < 1.29 is 0 Å². The zero-order valence-electron chi connectivity index (χ0n) is 13.0. The van der Waals surface area contributed by atoms with E-state index in [1.54, 1.807) is 0 Å². The third-order valence-electron chi connectivity index (χ3n) is 3.82. The lowest BCUT2D eigenvalue weighted by atomic mass is 10.0. The monoisotopic (exact) mass is 278 g/mol. The second-order valence-electron chi connectivity index (χ2n) is 5.68. The summed E-state index contributed by atoms with van der Waals surface area (Å²) < 4.78 is 0. The minimum atomic E-state index is 0.407. The van der Waals surface area contributed by atoms with Gasteiger partial charge in [0.2, 0.25) is 17.8 Å². The van der Waals surface area contributed by atoms with Crippen LogP contribution in [0.15, 0.2) is 0 Å². The van der Waals surface area contributed by atoms with Crippen molar-refractivity contribution >= 4 is 17.8 Å². The molecule has 0 spiro atoms. The third-order valence-corrected chi connectivity index (χ3v) is 3.82. The Labute approximate surface area is 121 Å². The molecule has 1 atom stereocenters. The zero-order chi connectivity index (χ0) is 14.5. The molecule has 1 aliphatic carbocycles. The van der Waals surface area contributed by atoms with E-state index >= 15 is 0 Å². The van der Waals surface area contributed by atoms with Gasteiger partial charge in [-0.05, 0) is 32.6 Å². The Morgan fingerprint density at radius 3 is 2.40 bits per heavy atom. The molecule has 20 heavy (non-hydrogen) atoms. The Morgan fingerprint density at radius 1 is 1.15 bits per heavy atom. The van der Waals surface area contributed by atoms with Gasteiger partial charge < -0.3 is 15.5 Å². The van der Waals surface area contributed by atoms with E-state index < -0.39 is 0 Å². The summed E-state index contributed by atoms with van der Waals surface area (Å²) in [5.41, 5.74) is 0. The molecule has 1 aromatic rings. The van der Waals surface area contributed by atoms with Gasteiger partial charge in [0.1, 0.15) is 0 Å². The Balaban J connectivity index is 2.12. The van der Waals surface area contributed by atoms with Crippen molar-refractivity contribution in [2.24, 2.45) is 5.92 Å². The molecule has 2 N–H and O–H groups in total. The first-order chi connectivity index (χ1) is 9.60. The van der Waals surface area contributed by atoms with Gasteiger partial charge in [0, 0.05) is 26.7 Å². The number of hydrogen-bond acceptors (Lipinski definition) is 6. The Hall–Kier alpha value is -1.59. The molecule has 2 rings (SSSR count). The highest BCUT2D eigenvalue weighted by molar-refractivity contribution is 5.43. The highest BCUT2D eigenvalue weighted by Crippen LogP contribution is 2.28. The van der Waals surface area contributed by atoms with Crippen LogP contribution in [-0.2, 0) is 0 Å². The van der Waals surface area contributed by atoms with Crippen LogP contribution in [0.5, 0.6) is 0 Å². The molecular weight excluding hydrogens is 252 g/mol. The molecule has 1 saturated carbocycles. The van der Waals surface area contributed by atoms with E-state index in [0.717, 1.165) is 12.5 Å². The molecule has 0 bridgehead atoms. The van der Waals surface area contributed by atoms with Crippen LogP contribution >= 0.6 is 0 Å². The average molecular weight is 278 g/mol. The maximum absolute atomic E-state index is 4.48. The van der Waals surface area contributed by atoms with Gasteiger partial charge in [0.05, 0.1) is 0 Å². The molecule has 0 aliphatic heterocycles. The molecule has 0 amide bonds. The maximum atomic E-state index is 4.48. The molecule has 0 radical (unpaired) electrons. The summed E-state index contributed by atoms with van der Waals surface area (Å²) in [4.78, 5) is 15.2. The molecule has 6 heteroatoms. The number of hydrogen-bond donors (Lipinski definition) is 2. The molecule has 1 aliphatic rings. The van der Waals surface area contributed by atoms with Crippen molar-refractivity contribution in [1.29, 1.82) is 0 Å². The Kier molecular flexibility index (Phi) is 4.98. The highest BCUT2D eigenvalue weighted by Gasteiger charge is 2.22. The van der Waals surface area contributed by atoms with Gasteiger partial charge in [-0.2, -0.15) is 15.0 Å². The summed E-state index contributed by atoms with van der Waals surface area (Å²) in [6.07, 6.45) is 5.30. The minimum Gasteiger partial charge on any atom is -0.354 e.